The molecule has 1 aliphatic rings. The standard InChI is InChI=1S/C18H26ClNO3/c1-18(2,17(21)22)9-10-20-12-13-11-14(19)7-8-16(13)23-15-5-3-4-6-15/h7-8,11,15,20H,3-6,9-10,12H2,1-2H3,(H,21,22). The number of carboxylic acid groups (broad SMARTS) is 1. The molecule has 23 heavy (non-hydrogen) atoms. The maximum absolute atomic E-state index is 11.1. The molecule has 4 nitrogen and oxygen atoms in total. The fourth-order valence-corrected chi connectivity index (χ4v) is 2.91. The van der Waals surface area contributed by atoms with Crippen LogP contribution in [-0.2, 0) is 11.3 Å². The van der Waals surface area contributed by atoms with E-state index in [0.717, 1.165) is 24.2 Å². The Kier molecular flexibility index (Phi) is 6.31. The molecule has 0 saturated heterocycles. The summed E-state index contributed by atoms with van der Waals surface area (Å²) in [6, 6.07) is 5.70. The van der Waals surface area contributed by atoms with Crippen molar-refractivity contribution in [2.45, 2.75) is 58.6 Å². The second-order valence-corrected chi connectivity index (χ2v) is 7.33. The Morgan fingerprint density at radius 3 is 2.74 bits per heavy atom. The number of carbonyl (C=O) groups is 1. The summed E-state index contributed by atoms with van der Waals surface area (Å²) in [4.78, 5) is 11.1. The van der Waals surface area contributed by atoms with Gasteiger partial charge in [0.15, 0.2) is 0 Å². The first-order valence-corrected chi connectivity index (χ1v) is 8.65. The van der Waals surface area contributed by atoms with Gasteiger partial charge in [-0.2, -0.15) is 0 Å². The molecule has 1 aromatic carbocycles. The smallest absolute Gasteiger partial charge is 0.309 e. The van der Waals surface area contributed by atoms with Gasteiger partial charge in [-0.3, -0.25) is 4.79 Å². The van der Waals surface area contributed by atoms with Crippen LogP contribution in [0.4, 0.5) is 0 Å². The van der Waals surface area contributed by atoms with Gasteiger partial charge in [0.1, 0.15) is 5.75 Å². The van der Waals surface area contributed by atoms with Gasteiger partial charge >= 0.3 is 5.97 Å². The highest BCUT2D eigenvalue weighted by Gasteiger charge is 2.26. The summed E-state index contributed by atoms with van der Waals surface area (Å²) < 4.78 is 6.10. The summed E-state index contributed by atoms with van der Waals surface area (Å²) in [6.07, 6.45) is 5.57. The largest absolute Gasteiger partial charge is 0.490 e. The van der Waals surface area contributed by atoms with Gasteiger partial charge in [0.2, 0.25) is 0 Å². The first-order valence-electron chi connectivity index (χ1n) is 8.28. The number of rotatable bonds is 8. The Bertz CT molecular complexity index is 539. The summed E-state index contributed by atoms with van der Waals surface area (Å²) in [6.45, 7) is 4.74. The predicted octanol–water partition coefficient (Wildman–Crippen LogP) is 4.25. The van der Waals surface area contributed by atoms with E-state index < -0.39 is 11.4 Å². The Balaban J connectivity index is 1.90. The van der Waals surface area contributed by atoms with E-state index in [1.807, 2.05) is 18.2 Å². The zero-order chi connectivity index (χ0) is 16.9. The van der Waals surface area contributed by atoms with Crippen LogP contribution in [0.1, 0.15) is 51.5 Å². The van der Waals surface area contributed by atoms with Crippen LogP contribution >= 0.6 is 11.6 Å². The zero-order valence-electron chi connectivity index (χ0n) is 13.9. The van der Waals surface area contributed by atoms with Gasteiger partial charge in [-0.1, -0.05) is 11.6 Å². The van der Waals surface area contributed by atoms with E-state index in [9.17, 15) is 4.79 Å². The molecule has 2 N–H and O–H groups in total. The van der Waals surface area contributed by atoms with E-state index >= 15 is 0 Å². The fourth-order valence-electron chi connectivity index (χ4n) is 2.72. The average molecular weight is 340 g/mol. The van der Waals surface area contributed by atoms with E-state index in [4.69, 9.17) is 21.4 Å². The molecule has 2 rings (SSSR count). The topological polar surface area (TPSA) is 58.6 Å². The van der Waals surface area contributed by atoms with Crippen LogP contribution in [0, 0.1) is 5.41 Å². The van der Waals surface area contributed by atoms with E-state index in [1.165, 1.54) is 12.8 Å². The van der Waals surface area contributed by atoms with Crippen molar-refractivity contribution in [3.05, 3.63) is 28.8 Å². The second kappa shape index (κ2) is 8.02. The van der Waals surface area contributed by atoms with Crippen LogP contribution in [0.5, 0.6) is 5.75 Å². The average Bonchev–Trinajstić information content (AvgIpc) is 2.99. The molecule has 0 radical (unpaired) electrons. The van der Waals surface area contributed by atoms with Crippen LogP contribution in [0.15, 0.2) is 18.2 Å². The fraction of sp³-hybridized carbons (Fsp3) is 0.611. The molecule has 1 saturated carbocycles. The number of hydrogen-bond acceptors (Lipinski definition) is 3. The number of nitrogens with one attached hydrogen (secondary N) is 1. The van der Waals surface area contributed by atoms with Gasteiger partial charge in [-0.05, 0) is 70.7 Å². The number of benzene rings is 1. The molecule has 5 heteroatoms. The highest BCUT2D eigenvalue weighted by atomic mass is 35.5. The lowest BCUT2D eigenvalue weighted by Gasteiger charge is -2.20. The summed E-state index contributed by atoms with van der Waals surface area (Å²) >= 11 is 6.10. The molecule has 0 atom stereocenters. The van der Waals surface area contributed by atoms with Crippen LogP contribution < -0.4 is 10.1 Å². The maximum atomic E-state index is 11.1. The highest BCUT2D eigenvalue weighted by Crippen LogP contribution is 2.28. The molecule has 1 aliphatic carbocycles. The number of ether oxygens (including phenoxy) is 1. The summed E-state index contributed by atoms with van der Waals surface area (Å²) in [7, 11) is 0. The lowest BCUT2D eigenvalue weighted by atomic mass is 9.90. The van der Waals surface area contributed by atoms with Crippen molar-refractivity contribution in [1.82, 2.24) is 5.32 Å². The summed E-state index contributed by atoms with van der Waals surface area (Å²) in [5.74, 6) is 0.110. The first kappa shape index (κ1) is 18.1. The minimum atomic E-state index is -0.771. The molecule has 0 unspecified atom stereocenters. The van der Waals surface area contributed by atoms with Gasteiger partial charge in [0, 0.05) is 17.1 Å². The van der Waals surface area contributed by atoms with E-state index in [2.05, 4.69) is 5.32 Å². The van der Waals surface area contributed by atoms with E-state index in [-0.39, 0.29) is 0 Å². The van der Waals surface area contributed by atoms with Gasteiger partial charge in [-0.15, -0.1) is 0 Å². The van der Waals surface area contributed by atoms with Gasteiger partial charge in [0.05, 0.1) is 11.5 Å². The molecule has 0 amide bonds. The highest BCUT2D eigenvalue weighted by molar-refractivity contribution is 6.30. The van der Waals surface area contributed by atoms with Crippen LogP contribution in [0.3, 0.4) is 0 Å². The third-order valence-corrected chi connectivity index (χ3v) is 4.67. The monoisotopic (exact) mass is 339 g/mol. The number of carboxylic acids is 1. The lowest BCUT2D eigenvalue weighted by Crippen LogP contribution is -2.29. The molecule has 1 aromatic rings. The molecule has 0 bridgehead atoms. The van der Waals surface area contributed by atoms with Gasteiger partial charge in [0.25, 0.3) is 0 Å². The summed E-state index contributed by atoms with van der Waals surface area (Å²) in [5, 5.41) is 13.1. The summed E-state index contributed by atoms with van der Waals surface area (Å²) in [5.41, 5.74) is 0.308. The SMILES string of the molecule is CC(C)(CCNCc1cc(Cl)ccc1OC1CCCC1)C(=O)O. The van der Waals surface area contributed by atoms with E-state index in [0.29, 0.717) is 30.6 Å². The minimum absolute atomic E-state index is 0.306. The van der Waals surface area contributed by atoms with Crippen LogP contribution in [0.25, 0.3) is 0 Å². The third-order valence-electron chi connectivity index (χ3n) is 4.44. The van der Waals surface area contributed by atoms with Crippen molar-refractivity contribution < 1.29 is 14.6 Å². The maximum Gasteiger partial charge on any atom is 0.309 e. The van der Waals surface area contributed by atoms with Crippen molar-refractivity contribution in [3.63, 3.8) is 0 Å². The molecule has 1 fully saturated rings. The minimum Gasteiger partial charge on any atom is -0.490 e. The zero-order valence-corrected chi connectivity index (χ0v) is 14.7. The quantitative estimate of drug-likeness (QED) is 0.695. The lowest BCUT2D eigenvalue weighted by molar-refractivity contribution is -0.147. The van der Waals surface area contributed by atoms with Crippen LogP contribution in [0.2, 0.25) is 5.02 Å². The Morgan fingerprint density at radius 1 is 1.39 bits per heavy atom. The van der Waals surface area contributed by atoms with Gasteiger partial charge in [-0.25, -0.2) is 0 Å². The second-order valence-electron chi connectivity index (χ2n) is 6.89. The molecular weight excluding hydrogens is 314 g/mol. The Morgan fingerprint density at radius 2 is 2.09 bits per heavy atom. The molecule has 128 valence electrons. The Labute approximate surface area is 143 Å². The molecule has 0 aromatic heterocycles. The normalized spacial score (nSPS) is 15.8. The van der Waals surface area contributed by atoms with Crippen molar-refractivity contribution in [3.8, 4) is 5.75 Å². The van der Waals surface area contributed by atoms with Crippen molar-refractivity contribution in [2.75, 3.05) is 6.54 Å². The van der Waals surface area contributed by atoms with Crippen LogP contribution in [-0.4, -0.2) is 23.7 Å². The number of halogens is 1. The number of hydrogen-bond donors (Lipinski definition) is 2. The van der Waals surface area contributed by atoms with Crippen molar-refractivity contribution >= 4 is 17.6 Å². The first-order chi connectivity index (χ1) is 10.9. The van der Waals surface area contributed by atoms with Gasteiger partial charge < -0.3 is 15.2 Å². The van der Waals surface area contributed by atoms with Crippen molar-refractivity contribution in [1.29, 1.82) is 0 Å². The molecule has 0 heterocycles. The molecule has 0 spiro atoms. The predicted molar refractivity (Wildman–Crippen MR) is 92.1 cm³/mol. The van der Waals surface area contributed by atoms with Crippen molar-refractivity contribution in [2.24, 2.45) is 5.41 Å². The molecule has 0 aliphatic heterocycles. The van der Waals surface area contributed by atoms with E-state index in [1.54, 1.807) is 13.8 Å². The third kappa shape index (κ3) is 5.40. The molecular formula is C18H26ClNO3. The number of aliphatic carboxylic acids is 1. The Hall–Kier alpha value is -1.26.